The zero-order valence-electron chi connectivity index (χ0n) is 19.5. The molecule has 3 N–H and O–H groups in total. The van der Waals surface area contributed by atoms with Crippen LogP contribution in [0.5, 0.6) is 5.75 Å². The molecule has 0 bridgehead atoms. The lowest BCUT2D eigenvalue weighted by molar-refractivity contribution is -0.116. The molecule has 2 aromatic carbocycles. The van der Waals surface area contributed by atoms with E-state index in [1.165, 1.54) is 0 Å². The van der Waals surface area contributed by atoms with Gasteiger partial charge in [-0.25, -0.2) is 8.42 Å². The monoisotopic (exact) mass is 446 g/mol. The molecule has 0 saturated heterocycles. The molecule has 2 rings (SSSR count). The molecular weight excluding hydrogens is 412 g/mol. The highest BCUT2D eigenvalue weighted by molar-refractivity contribution is 7.92. The van der Waals surface area contributed by atoms with Gasteiger partial charge < -0.3 is 10.4 Å². The molecule has 6 nitrogen and oxygen atoms in total. The number of sulfonamides is 1. The minimum atomic E-state index is -3.39. The van der Waals surface area contributed by atoms with Crippen molar-refractivity contribution >= 4 is 27.3 Å². The molecule has 170 valence electrons. The van der Waals surface area contributed by atoms with Crippen molar-refractivity contribution in [3.63, 3.8) is 0 Å². The van der Waals surface area contributed by atoms with Crippen LogP contribution in [0.3, 0.4) is 0 Å². The third kappa shape index (κ3) is 7.28. The van der Waals surface area contributed by atoms with Crippen LogP contribution in [0.25, 0.3) is 0 Å². The van der Waals surface area contributed by atoms with Crippen molar-refractivity contribution in [2.45, 2.75) is 65.2 Å². The lowest BCUT2D eigenvalue weighted by Crippen LogP contribution is -2.18. The van der Waals surface area contributed by atoms with E-state index in [1.807, 2.05) is 12.1 Å². The van der Waals surface area contributed by atoms with Crippen LogP contribution in [0.2, 0.25) is 0 Å². The zero-order chi connectivity index (χ0) is 23.6. The maximum atomic E-state index is 12.5. The van der Waals surface area contributed by atoms with Crippen LogP contribution in [0.1, 0.15) is 64.7 Å². The Bertz CT molecular complexity index is 1030. The third-order valence-corrected chi connectivity index (χ3v) is 5.48. The van der Waals surface area contributed by atoms with Gasteiger partial charge in [0.05, 0.1) is 11.9 Å². The predicted octanol–water partition coefficient (Wildman–Crippen LogP) is 4.93. The van der Waals surface area contributed by atoms with Crippen LogP contribution in [0, 0.1) is 0 Å². The SMILES string of the molecule is CC(C)(C)c1cc(CCC(=O)Nc2cccc(NS(C)(=O)=O)c2)cc(C(C)(C)C)c1O. The maximum absolute atomic E-state index is 12.5. The molecule has 1 amide bonds. The lowest BCUT2D eigenvalue weighted by atomic mass is 9.78. The van der Waals surface area contributed by atoms with E-state index >= 15 is 0 Å². The summed E-state index contributed by atoms with van der Waals surface area (Å²) in [5.74, 6) is 0.155. The lowest BCUT2D eigenvalue weighted by Gasteiger charge is -2.28. The topological polar surface area (TPSA) is 95.5 Å². The number of carbonyl (C=O) groups is 1. The van der Waals surface area contributed by atoms with Crippen molar-refractivity contribution in [3.8, 4) is 5.75 Å². The van der Waals surface area contributed by atoms with E-state index in [0.29, 0.717) is 23.5 Å². The molecule has 0 radical (unpaired) electrons. The smallest absolute Gasteiger partial charge is 0.229 e. The molecule has 7 heteroatoms. The van der Waals surface area contributed by atoms with Gasteiger partial charge in [-0.05, 0) is 52.1 Å². The van der Waals surface area contributed by atoms with Crippen LogP contribution < -0.4 is 10.0 Å². The molecule has 0 heterocycles. The molecule has 0 unspecified atom stereocenters. The number of carbonyl (C=O) groups excluding carboxylic acids is 1. The highest BCUT2D eigenvalue weighted by atomic mass is 32.2. The van der Waals surface area contributed by atoms with Gasteiger partial charge in [0.2, 0.25) is 15.9 Å². The Morgan fingerprint density at radius 2 is 1.45 bits per heavy atom. The van der Waals surface area contributed by atoms with Crippen LogP contribution in [0.4, 0.5) is 11.4 Å². The van der Waals surface area contributed by atoms with Crippen molar-refractivity contribution in [1.29, 1.82) is 0 Å². The molecule has 0 aliphatic heterocycles. The summed E-state index contributed by atoms with van der Waals surface area (Å²) in [5, 5.41) is 13.7. The largest absolute Gasteiger partial charge is 0.507 e. The number of benzene rings is 2. The number of nitrogens with one attached hydrogen (secondary N) is 2. The highest BCUT2D eigenvalue weighted by Gasteiger charge is 2.26. The van der Waals surface area contributed by atoms with Crippen molar-refractivity contribution < 1.29 is 18.3 Å². The summed E-state index contributed by atoms with van der Waals surface area (Å²) < 4.78 is 25.2. The summed E-state index contributed by atoms with van der Waals surface area (Å²) in [5.41, 5.74) is 3.20. The van der Waals surface area contributed by atoms with Gasteiger partial charge in [0.1, 0.15) is 5.75 Å². The Kier molecular flexibility index (Phi) is 7.10. The second kappa shape index (κ2) is 8.91. The average molecular weight is 447 g/mol. The molecule has 0 aliphatic carbocycles. The number of anilines is 2. The van der Waals surface area contributed by atoms with E-state index in [-0.39, 0.29) is 23.2 Å². The number of rotatable bonds is 6. The summed E-state index contributed by atoms with van der Waals surface area (Å²) in [6, 6.07) is 10.5. The Hall–Kier alpha value is -2.54. The Labute approximate surface area is 186 Å². The Morgan fingerprint density at radius 3 is 1.94 bits per heavy atom. The number of amides is 1. The van der Waals surface area contributed by atoms with Crippen molar-refractivity contribution in [1.82, 2.24) is 0 Å². The number of phenols is 1. The minimum absolute atomic E-state index is 0.167. The van der Waals surface area contributed by atoms with Crippen molar-refractivity contribution in [2.75, 3.05) is 16.3 Å². The van der Waals surface area contributed by atoms with Crippen molar-refractivity contribution in [3.05, 3.63) is 53.1 Å². The first-order valence-electron chi connectivity index (χ1n) is 10.3. The first-order valence-corrected chi connectivity index (χ1v) is 12.2. The molecule has 31 heavy (non-hydrogen) atoms. The predicted molar refractivity (Wildman–Crippen MR) is 127 cm³/mol. The van der Waals surface area contributed by atoms with Gasteiger partial charge in [-0.15, -0.1) is 0 Å². The second-order valence-electron chi connectivity index (χ2n) is 10.0. The molecule has 0 aliphatic rings. The normalized spacial score (nSPS) is 12.5. The fourth-order valence-electron chi connectivity index (χ4n) is 3.34. The van der Waals surface area contributed by atoms with Gasteiger partial charge in [-0.1, -0.05) is 59.7 Å². The molecule has 2 aromatic rings. The number of aromatic hydroxyl groups is 1. The molecule has 0 atom stereocenters. The molecular formula is C24H34N2O4S. The van der Waals surface area contributed by atoms with Gasteiger partial charge in [0.25, 0.3) is 0 Å². The summed E-state index contributed by atoms with van der Waals surface area (Å²) in [6.45, 7) is 12.3. The maximum Gasteiger partial charge on any atom is 0.229 e. The van der Waals surface area contributed by atoms with E-state index in [1.54, 1.807) is 24.3 Å². The fourth-order valence-corrected chi connectivity index (χ4v) is 3.89. The summed E-state index contributed by atoms with van der Waals surface area (Å²) in [4.78, 5) is 12.5. The average Bonchev–Trinajstić information content (AvgIpc) is 2.57. The quantitative estimate of drug-likeness (QED) is 0.586. The van der Waals surface area contributed by atoms with E-state index in [4.69, 9.17) is 0 Å². The van der Waals surface area contributed by atoms with Crippen LogP contribution in [-0.4, -0.2) is 25.7 Å². The Morgan fingerprint density at radius 1 is 0.935 bits per heavy atom. The molecule has 0 spiro atoms. The number of hydrogen-bond donors (Lipinski definition) is 3. The fraction of sp³-hybridized carbons (Fsp3) is 0.458. The van der Waals surface area contributed by atoms with E-state index in [0.717, 1.165) is 22.9 Å². The Balaban J connectivity index is 2.18. The molecule has 0 saturated carbocycles. The molecule has 0 aromatic heterocycles. The van der Waals surface area contributed by atoms with Gasteiger partial charge in [0, 0.05) is 12.1 Å². The zero-order valence-corrected chi connectivity index (χ0v) is 20.3. The van der Waals surface area contributed by atoms with Crippen LogP contribution in [-0.2, 0) is 32.1 Å². The first kappa shape index (κ1) is 24.7. The standard InChI is InChI=1S/C24H34N2O4S/c1-23(2,3)19-13-16(14-20(22(19)28)24(4,5)6)11-12-21(27)25-17-9-8-10-18(15-17)26-31(7,29)30/h8-10,13-15,26,28H,11-12H2,1-7H3,(H,25,27). The van der Waals surface area contributed by atoms with Crippen LogP contribution >= 0.6 is 0 Å². The van der Waals surface area contributed by atoms with Gasteiger partial charge in [0.15, 0.2) is 0 Å². The highest BCUT2D eigenvalue weighted by Crippen LogP contribution is 2.40. The number of phenolic OH excluding ortho intramolecular Hbond substituents is 1. The summed E-state index contributed by atoms with van der Waals surface area (Å²) >= 11 is 0. The van der Waals surface area contributed by atoms with Crippen molar-refractivity contribution in [2.24, 2.45) is 0 Å². The number of aryl methyl sites for hydroxylation is 1. The second-order valence-corrected chi connectivity index (χ2v) is 11.8. The third-order valence-electron chi connectivity index (χ3n) is 4.88. The molecule has 0 fully saturated rings. The van der Waals surface area contributed by atoms with Crippen LogP contribution in [0.15, 0.2) is 36.4 Å². The van der Waals surface area contributed by atoms with E-state index in [2.05, 4.69) is 51.6 Å². The van der Waals surface area contributed by atoms with Gasteiger partial charge in [-0.2, -0.15) is 0 Å². The van der Waals surface area contributed by atoms with E-state index < -0.39 is 10.0 Å². The summed E-state index contributed by atoms with van der Waals surface area (Å²) in [7, 11) is -3.39. The van der Waals surface area contributed by atoms with Gasteiger partial charge in [-0.3, -0.25) is 9.52 Å². The van der Waals surface area contributed by atoms with E-state index in [9.17, 15) is 18.3 Å². The summed E-state index contributed by atoms with van der Waals surface area (Å²) in [6.07, 6.45) is 1.87. The number of hydrogen-bond acceptors (Lipinski definition) is 4. The minimum Gasteiger partial charge on any atom is -0.507 e. The van der Waals surface area contributed by atoms with Gasteiger partial charge >= 0.3 is 0 Å². The first-order chi connectivity index (χ1) is 14.1.